The molecule has 154 valence electrons. The average molecular weight is 418 g/mol. The Kier molecular flexibility index (Phi) is 5.00. The fourth-order valence-corrected chi connectivity index (χ4v) is 2.61. The Labute approximate surface area is 166 Å². The average Bonchev–Trinajstić information content (AvgIpc) is 3.48. The molecule has 0 saturated heterocycles. The van der Waals surface area contributed by atoms with Gasteiger partial charge in [0.1, 0.15) is 6.26 Å². The van der Waals surface area contributed by atoms with Crippen molar-refractivity contribution in [3.05, 3.63) is 72.2 Å². The smallest absolute Gasteiger partial charge is 0.418 e. The van der Waals surface area contributed by atoms with Crippen molar-refractivity contribution >= 4 is 17.3 Å². The number of aromatic nitrogens is 2. The maximum Gasteiger partial charge on any atom is 0.418 e. The molecule has 4 aromatic rings. The third-order valence-corrected chi connectivity index (χ3v) is 4.01. The molecule has 11 heteroatoms. The Bertz CT molecular complexity index is 1140. The first kappa shape index (κ1) is 19.3. The number of hydrogen-bond acceptors (Lipinski definition) is 7. The summed E-state index contributed by atoms with van der Waals surface area (Å²) in [6, 6.07) is 8.06. The largest absolute Gasteiger partial charge is 0.472 e. The molecule has 0 radical (unpaired) electrons. The van der Waals surface area contributed by atoms with E-state index in [0.29, 0.717) is 5.76 Å². The van der Waals surface area contributed by atoms with E-state index in [0.717, 1.165) is 6.07 Å². The van der Waals surface area contributed by atoms with Gasteiger partial charge in [0.05, 0.1) is 30.2 Å². The van der Waals surface area contributed by atoms with Crippen LogP contribution in [0, 0.1) is 0 Å². The van der Waals surface area contributed by atoms with Gasteiger partial charge in [-0.2, -0.15) is 18.2 Å². The number of carbonyl (C=O) groups is 1. The van der Waals surface area contributed by atoms with Crippen LogP contribution in [0.5, 0.6) is 0 Å². The minimum absolute atomic E-state index is 0.0167. The predicted molar refractivity (Wildman–Crippen MR) is 97.4 cm³/mol. The topological polar surface area (TPSA) is 106 Å². The number of furan rings is 2. The number of rotatable bonds is 6. The molecule has 3 aromatic heterocycles. The van der Waals surface area contributed by atoms with Crippen LogP contribution in [0.1, 0.15) is 21.8 Å². The van der Waals surface area contributed by atoms with Gasteiger partial charge in [0, 0.05) is 11.4 Å². The summed E-state index contributed by atoms with van der Waals surface area (Å²) in [5.41, 5.74) is -0.994. The molecule has 0 bridgehead atoms. The molecule has 0 fully saturated rings. The maximum atomic E-state index is 13.5. The van der Waals surface area contributed by atoms with Crippen molar-refractivity contribution in [2.24, 2.45) is 0 Å². The van der Waals surface area contributed by atoms with E-state index < -0.39 is 17.6 Å². The van der Waals surface area contributed by atoms with E-state index in [1.54, 1.807) is 12.1 Å². The van der Waals surface area contributed by atoms with E-state index >= 15 is 0 Å². The van der Waals surface area contributed by atoms with E-state index in [1.807, 2.05) is 0 Å². The standard InChI is InChI=1S/C19H13F3N4O4/c20-19(21,22)13-8-12(24-18(27)11-5-7-28-10-11)3-4-14(13)23-9-16-25-17(26-30-16)15-2-1-6-29-15/h1-8,10,23H,9H2,(H,24,27). The summed E-state index contributed by atoms with van der Waals surface area (Å²) >= 11 is 0. The first-order chi connectivity index (χ1) is 14.4. The highest BCUT2D eigenvalue weighted by atomic mass is 19.4. The van der Waals surface area contributed by atoms with Crippen LogP contribution in [-0.4, -0.2) is 16.0 Å². The van der Waals surface area contributed by atoms with Crippen LogP contribution < -0.4 is 10.6 Å². The third-order valence-electron chi connectivity index (χ3n) is 4.01. The molecule has 8 nitrogen and oxygen atoms in total. The minimum Gasteiger partial charge on any atom is -0.472 e. The van der Waals surface area contributed by atoms with Gasteiger partial charge in [0.15, 0.2) is 5.76 Å². The normalized spacial score (nSPS) is 11.4. The number of benzene rings is 1. The second-order valence-electron chi connectivity index (χ2n) is 6.07. The Balaban J connectivity index is 1.50. The van der Waals surface area contributed by atoms with Crippen molar-refractivity contribution in [2.75, 3.05) is 10.6 Å². The zero-order valence-electron chi connectivity index (χ0n) is 15.1. The number of anilines is 2. The molecule has 0 atom stereocenters. The Morgan fingerprint density at radius 3 is 2.70 bits per heavy atom. The highest BCUT2D eigenvalue weighted by Gasteiger charge is 2.34. The fourth-order valence-electron chi connectivity index (χ4n) is 2.61. The summed E-state index contributed by atoms with van der Waals surface area (Å²) in [5, 5.41) is 8.74. The van der Waals surface area contributed by atoms with Gasteiger partial charge < -0.3 is 24.0 Å². The lowest BCUT2D eigenvalue weighted by atomic mass is 10.1. The van der Waals surface area contributed by atoms with E-state index in [1.165, 1.54) is 37.0 Å². The second-order valence-corrected chi connectivity index (χ2v) is 6.07. The molecule has 0 aliphatic heterocycles. The monoisotopic (exact) mass is 418 g/mol. The lowest BCUT2D eigenvalue weighted by molar-refractivity contribution is -0.136. The zero-order valence-corrected chi connectivity index (χ0v) is 15.1. The molecule has 2 N–H and O–H groups in total. The van der Waals surface area contributed by atoms with Crippen LogP contribution in [-0.2, 0) is 12.7 Å². The molecular weight excluding hydrogens is 405 g/mol. The van der Waals surface area contributed by atoms with E-state index in [-0.39, 0.29) is 35.2 Å². The molecule has 30 heavy (non-hydrogen) atoms. The zero-order chi connectivity index (χ0) is 21.1. The molecule has 0 spiro atoms. The minimum atomic E-state index is -4.66. The Morgan fingerprint density at radius 1 is 1.13 bits per heavy atom. The van der Waals surface area contributed by atoms with Crippen molar-refractivity contribution in [3.63, 3.8) is 0 Å². The van der Waals surface area contributed by atoms with Gasteiger partial charge in [-0.1, -0.05) is 5.16 Å². The van der Waals surface area contributed by atoms with Crippen molar-refractivity contribution in [1.29, 1.82) is 0 Å². The van der Waals surface area contributed by atoms with Crippen LogP contribution in [0.4, 0.5) is 24.5 Å². The number of carbonyl (C=O) groups excluding carboxylic acids is 1. The quantitative estimate of drug-likeness (QED) is 0.463. The van der Waals surface area contributed by atoms with Gasteiger partial charge >= 0.3 is 6.18 Å². The van der Waals surface area contributed by atoms with Gasteiger partial charge in [-0.05, 0) is 36.4 Å². The van der Waals surface area contributed by atoms with Crippen molar-refractivity contribution in [3.8, 4) is 11.6 Å². The van der Waals surface area contributed by atoms with Crippen molar-refractivity contribution < 1.29 is 31.3 Å². The lowest BCUT2D eigenvalue weighted by Gasteiger charge is -2.15. The summed E-state index contributed by atoms with van der Waals surface area (Å²) in [5.74, 6) is 0.0459. The van der Waals surface area contributed by atoms with Crippen LogP contribution >= 0.6 is 0 Å². The van der Waals surface area contributed by atoms with E-state index in [2.05, 4.69) is 20.8 Å². The summed E-state index contributed by atoms with van der Waals surface area (Å²) in [4.78, 5) is 16.1. The first-order valence-electron chi connectivity index (χ1n) is 8.55. The number of nitrogens with one attached hydrogen (secondary N) is 2. The van der Waals surface area contributed by atoms with Gasteiger partial charge in [-0.15, -0.1) is 0 Å². The maximum absolute atomic E-state index is 13.5. The highest BCUT2D eigenvalue weighted by molar-refractivity contribution is 6.04. The van der Waals surface area contributed by atoms with Gasteiger partial charge in [-0.3, -0.25) is 4.79 Å². The second kappa shape index (κ2) is 7.78. The summed E-state index contributed by atoms with van der Waals surface area (Å²) < 4.78 is 55.5. The van der Waals surface area contributed by atoms with Crippen LogP contribution in [0.2, 0.25) is 0 Å². The molecule has 4 rings (SSSR count). The van der Waals surface area contributed by atoms with Crippen molar-refractivity contribution in [1.82, 2.24) is 10.1 Å². The van der Waals surface area contributed by atoms with Gasteiger partial charge in [0.2, 0.25) is 11.7 Å². The van der Waals surface area contributed by atoms with E-state index in [9.17, 15) is 18.0 Å². The van der Waals surface area contributed by atoms with Crippen LogP contribution in [0.3, 0.4) is 0 Å². The SMILES string of the molecule is O=C(Nc1ccc(NCc2nc(-c3ccco3)no2)c(C(F)(F)F)c1)c1ccoc1. The molecule has 0 unspecified atom stereocenters. The molecule has 1 amide bonds. The summed E-state index contributed by atoms with van der Waals surface area (Å²) in [6.45, 7) is -0.141. The summed E-state index contributed by atoms with van der Waals surface area (Å²) in [6.07, 6.45) is -0.742. The molecule has 3 heterocycles. The molecular formula is C19H13F3N4O4. The Morgan fingerprint density at radius 2 is 2.00 bits per heavy atom. The van der Waals surface area contributed by atoms with E-state index in [4.69, 9.17) is 13.4 Å². The molecule has 1 aromatic carbocycles. The number of alkyl halides is 3. The Hall–Kier alpha value is -4.02. The number of amides is 1. The first-order valence-corrected chi connectivity index (χ1v) is 8.55. The van der Waals surface area contributed by atoms with Crippen LogP contribution in [0.25, 0.3) is 11.6 Å². The number of hydrogen-bond donors (Lipinski definition) is 2. The predicted octanol–water partition coefficient (Wildman–Crippen LogP) is 4.81. The fraction of sp³-hybridized carbons (Fsp3) is 0.105. The molecule has 0 saturated carbocycles. The highest BCUT2D eigenvalue weighted by Crippen LogP contribution is 2.37. The number of nitrogens with zero attached hydrogens (tertiary/aromatic N) is 2. The van der Waals surface area contributed by atoms with Gasteiger partial charge in [0.25, 0.3) is 5.91 Å². The van der Waals surface area contributed by atoms with Gasteiger partial charge in [-0.25, -0.2) is 0 Å². The van der Waals surface area contributed by atoms with Crippen molar-refractivity contribution in [2.45, 2.75) is 12.7 Å². The van der Waals surface area contributed by atoms with Crippen LogP contribution in [0.15, 0.2) is 68.5 Å². The summed E-state index contributed by atoms with van der Waals surface area (Å²) in [7, 11) is 0. The molecule has 0 aliphatic rings. The molecule has 0 aliphatic carbocycles. The third kappa shape index (κ3) is 4.19. The lowest BCUT2D eigenvalue weighted by Crippen LogP contribution is -2.14. The number of halogens is 3.